The van der Waals surface area contributed by atoms with Crippen LogP contribution in [0.3, 0.4) is 0 Å². The van der Waals surface area contributed by atoms with Gasteiger partial charge in [-0.25, -0.2) is 0 Å². The lowest BCUT2D eigenvalue weighted by atomic mass is 9.82. The van der Waals surface area contributed by atoms with Gasteiger partial charge in [0.2, 0.25) is 0 Å². The van der Waals surface area contributed by atoms with Gasteiger partial charge in [-0.2, -0.15) is 0 Å². The van der Waals surface area contributed by atoms with Crippen LogP contribution in [0.5, 0.6) is 11.5 Å². The highest BCUT2D eigenvalue weighted by Crippen LogP contribution is 2.48. The van der Waals surface area contributed by atoms with Crippen molar-refractivity contribution < 1.29 is 9.84 Å². The van der Waals surface area contributed by atoms with E-state index in [1.807, 2.05) is 20.8 Å². The van der Waals surface area contributed by atoms with Gasteiger partial charge in [0, 0.05) is 17.5 Å². The van der Waals surface area contributed by atoms with Crippen LogP contribution < -0.4 is 4.74 Å². The molecule has 0 saturated heterocycles. The molecule has 0 radical (unpaired) electrons. The lowest BCUT2D eigenvalue weighted by Gasteiger charge is -2.39. The first-order valence-corrected chi connectivity index (χ1v) is 12.1. The maximum atomic E-state index is 10.5. The molecule has 0 bridgehead atoms. The summed E-state index contributed by atoms with van der Waals surface area (Å²) >= 11 is 0. The Balaban J connectivity index is 1.95. The SMILES string of the molecule is C=C1CC(C)(CCC=C(C)CCC=C(C)CCC=C(C)C)Oc2c(C)c(C)c(O)c(C)c21. The van der Waals surface area contributed by atoms with Crippen molar-refractivity contribution in [2.75, 3.05) is 0 Å². The molecule has 1 atom stereocenters. The van der Waals surface area contributed by atoms with Gasteiger partial charge in [0.25, 0.3) is 0 Å². The summed E-state index contributed by atoms with van der Waals surface area (Å²) in [7, 11) is 0. The van der Waals surface area contributed by atoms with Gasteiger partial charge in [0.1, 0.15) is 17.1 Å². The van der Waals surface area contributed by atoms with Crippen LogP contribution in [-0.4, -0.2) is 10.7 Å². The van der Waals surface area contributed by atoms with Gasteiger partial charge in [0.15, 0.2) is 0 Å². The second-order valence-electron chi connectivity index (χ2n) is 10.3. The molecular formula is C30H44O2. The van der Waals surface area contributed by atoms with Crippen molar-refractivity contribution in [2.45, 2.75) is 106 Å². The molecule has 0 amide bonds. The van der Waals surface area contributed by atoms with E-state index < -0.39 is 0 Å². The summed E-state index contributed by atoms with van der Waals surface area (Å²) in [4.78, 5) is 0. The fourth-order valence-corrected chi connectivity index (χ4v) is 4.58. The Morgan fingerprint density at radius 1 is 0.906 bits per heavy atom. The summed E-state index contributed by atoms with van der Waals surface area (Å²) in [6.07, 6.45) is 14.4. The van der Waals surface area contributed by atoms with Crippen molar-refractivity contribution in [3.63, 3.8) is 0 Å². The van der Waals surface area contributed by atoms with Crippen LogP contribution in [0.1, 0.15) is 102 Å². The first kappa shape index (κ1) is 26.0. The molecule has 176 valence electrons. The van der Waals surface area contributed by atoms with Crippen LogP contribution in [0.25, 0.3) is 5.57 Å². The minimum absolute atomic E-state index is 0.261. The third-order valence-corrected chi connectivity index (χ3v) is 6.79. The van der Waals surface area contributed by atoms with Crippen molar-refractivity contribution in [2.24, 2.45) is 0 Å². The predicted octanol–water partition coefficient (Wildman–Crippen LogP) is 9.07. The van der Waals surface area contributed by atoms with Crippen molar-refractivity contribution in [1.29, 1.82) is 0 Å². The molecule has 1 unspecified atom stereocenters. The molecule has 32 heavy (non-hydrogen) atoms. The first-order valence-electron chi connectivity index (χ1n) is 12.1. The highest BCUT2D eigenvalue weighted by atomic mass is 16.5. The van der Waals surface area contributed by atoms with E-state index in [9.17, 15) is 5.11 Å². The van der Waals surface area contributed by atoms with E-state index in [1.54, 1.807) is 0 Å². The molecule has 1 aliphatic heterocycles. The fourth-order valence-electron chi connectivity index (χ4n) is 4.58. The zero-order valence-corrected chi connectivity index (χ0v) is 21.7. The van der Waals surface area contributed by atoms with E-state index in [0.29, 0.717) is 5.75 Å². The summed E-state index contributed by atoms with van der Waals surface area (Å²) in [6.45, 7) is 21.3. The molecule has 2 heteroatoms. The van der Waals surface area contributed by atoms with Gasteiger partial charge in [0.05, 0.1) is 0 Å². The van der Waals surface area contributed by atoms with Gasteiger partial charge < -0.3 is 9.84 Å². The fraction of sp³-hybridized carbons (Fsp3) is 0.533. The Kier molecular flexibility index (Phi) is 9.01. The Morgan fingerprint density at radius 2 is 1.47 bits per heavy atom. The van der Waals surface area contributed by atoms with Gasteiger partial charge >= 0.3 is 0 Å². The van der Waals surface area contributed by atoms with E-state index in [0.717, 1.165) is 78.5 Å². The number of phenolic OH excluding ortho intramolecular Hbond substituents is 1. The van der Waals surface area contributed by atoms with E-state index in [1.165, 1.54) is 16.7 Å². The number of ether oxygens (including phenoxy) is 1. The molecule has 1 aliphatic rings. The highest BCUT2D eigenvalue weighted by Gasteiger charge is 2.36. The lowest BCUT2D eigenvalue weighted by Crippen LogP contribution is -2.36. The van der Waals surface area contributed by atoms with E-state index >= 15 is 0 Å². The number of phenols is 1. The molecular weight excluding hydrogens is 392 g/mol. The number of hydrogen-bond donors (Lipinski definition) is 1. The molecule has 1 N–H and O–H groups in total. The minimum Gasteiger partial charge on any atom is -0.507 e. The first-order chi connectivity index (χ1) is 14.9. The molecule has 0 aliphatic carbocycles. The second kappa shape index (κ2) is 11.1. The normalized spacial score (nSPS) is 18.9. The number of benzene rings is 1. The van der Waals surface area contributed by atoms with Crippen LogP contribution >= 0.6 is 0 Å². The zero-order chi connectivity index (χ0) is 24.1. The van der Waals surface area contributed by atoms with E-state index in [4.69, 9.17) is 4.74 Å². The van der Waals surface area contributed by atoms with E-state index in [2.05, 4.69) is 59.4 Å². The summed E-state index contributed by atoms with van der Waals surface area (Å²) in [5, 5.41) is 10.5. The van der Waals surface area contributed by atoms with Crippen LogP contribution in [-0.2, 0) is 0 Å². The van der Waals surface area contributed by atoms with Crippen LogP contribution in [0.15, 0.2) is 41.5 Å². The van der Waals surface area contributed by atoms with Crippen LogP contribution in [0.2, 0.25) is 0 Å². The molecule has 0 fully saturated rings. The summed E-state index contributed by atoms with van der Waals surface area (Å²) in [5.74, 6) is 1.28. The monoisotopic (exact) mass is 436 g/mol. The Hall–Kier alpha value is -2.22. The smallest absolute Gasteiger partial charge is 0.131 e. The highest BCUT2D eigenvalue weighted by molar-refractivity contribution is 5.78. The lowest BCUT2D eigenvalue weighted by molar-refractivity contribution is 0.0772. The van der Waals surface area contributed by atoms with Crippen molar-refractivity contribution in [3.05, 3.63) is 63.8 Å². The summed E-state index contributed by atoms with van der Waals surface area (Å²) in [5.41, 5.74) is 8.95. The number of aromatic hydroxyl groups is 1. The molecule has 1 heterocycles. The zero-order valence-electron chi connectivity index (χ0n) is 21.7. The summed E-state index contributed by atoms with van der Waals surface area (Å²) in [6, 6.07) is 0. The average Bonchev–Trinajstić information content (AvgIpc) is 2.69. The van der Waals surface area contributed by atoms with Gasteiger partial charge in [-0.05, 0) is 111 Å². The maximum Gasteiger partial charge on any atom is 0.131 e. The van der Waals surface area contributed by atoms with Gasteiger partial charge in [-0.15, -0.1) is 0 Å². The Morgan fingerprint density at radius 3 is 2.06 bits per heavy atom. The maximum absolute atomic E-state index is 10.5. The largest absolute Gasteiger partial charge is 0.507 e. The van der Waals surface area contributed by atoms with Crippen molar-refractivity contribution >= 4 is 5.57 Å². The number of rotatable bonds is 9. The average molecular weight is 437 g/mol. The molecule has 1 aromatic rings. The Labute approximate surface area is 196 Å². The predicted molar refractivity (Wildman–Crippen MR) is 140 cm³/mol. The summed E-state index contributed by atoms with van der Waals surface area (Å²) < 4.78 is 6.57. The molecule has 1 aromatic carbocycles. The third-order valence-electron chi connectivity index (χ3n) is 6.79. The molecule has 0 aromatic heterocycles. The third kappa shape index (κ3) is 6.64. The van der Waals surface area contributed by atoms with Crippen LogP contribution in [0, 0.1) is 20.8 Å². The Bertz CT molecular complexity index is 938. The molecule has 0 saturated carbocycles. The van der Waals surface area contributed by atoms with Crippen molar-refractivity contribution in [1.82, 2.24) is 0 Å². The second-order valence-corrected chi connectivity index (χ2v) is 10.3. The number of hydrogen-bond acceptors (Lipinski definition) is 2. The molecule has 2 nitrogen and oxygen atoms in total. The number of allylic oxidation sites excluding steroid dienone is 6. The van der Waals surface area contributed by atoms with Crippen molar-refractivity contribution in [3.8, 4) is 11.5 Å². The number of fused-ring (bicyclic) bond motifs is 1. The standard InChI is InChI=1S/C30H44O2/c1-20(2)13-10-14-21(3)15-11-16-22(4)17-12-18-30(9)19-23(5)27-26(8)28(31)24(6)25(7)29(27)32-30/h13,15,17,31H,5,10-12,14,16,18-19H2,1-4,6-9H3. The van der Waals surface area contributed by atoms with Gasteiger partial charge in [-0.1, -0.05) is 41.5 Å². The topological polar surface area (TPSA) is 29.5 Å². The van der Waals surface area contributed by atoms with Crippen LogP contribution in [0.4, 0.5) is 0 Å². The molecule has 0 spiro atoms. The minimum atomic E-state index is -0.261. The molecule has 2 rings (SSSR count). The van der Waals surface area contributed by atoms with E-state index in [-0.39, 0.29) is 5.60 Å². The van der Waals surface area contributed by atoms with Gasteiger partial charge in [-0.3, -0.25) is 0 Å². The quantitative estimate of drug-likeness (QED) is 0.391.